The van der Waals surface area contributed by atoms with Crippen molar-refractivity contribution in [1.82, 2.24) is 10.2 Å². The van der Waals surface area contributed by atoms with Crippen molar-refractivity contribution in [2.45, 2.75) is 39.0 Å². The van der Waals surface area contributed by atoms with Gasteiger partial charge in [0.25, 0.3) is 0 Å². The molecule has 0 saturated heterocycles. The maximum Gasteiger partial charge on any atom is 0.413 e. The molecule has 0 fully saturated rings. The third kappa shape index (κ3) is 4.57. The van der Waals surface area contributed by atoms with Gasteiger partial charge < -0.3 is 4.74 Å². The number of nitrogens with zero attached hydrogens (tertiary/aromatic N) is 2. The number of methoxy groups -OCH3 is 1. The lowest BCUT2D eigenvalue weighted by Crippen LogP contribution is -2.10. The first-order valence-electron chi connectivity index (χ1n) is 5.43. The molecule has 0 aliphatic heterocycles. The summed E-state index contributed by atoms with van der Waals surface area (Å²) in [5.41, 5.74) is 0. The maximum absolute atomic E-state index is 10.9. The monoisotopic (exact) mass is 243 g/mol. The molecule has 0 bridgehead atoms. The molecule has 0 atom stereocenters. The summed E-state index contributed by atoms with van der Waals surface area (Å²) in [4.78, 5) is 10.9. The Morgan fingerprint density at radius 2 is 2.19 bits per heavy atom. The predicted octanol–water partition coefficient (Wildman–Crippen LogP) is 2.84. The van der Waals surface area contributed by atoms with E-state index in [1.54, 1.807) is 0 Å². The normalized spacial score (nSPS) is 10.1. The molecule has 1 amide bonds. The number of carbonyl (C=O) groups is 1. The van der Waals surface area contributed by atoms with Crippen LogP contribution in [-0.2, 0) is 11.2 Å². The Kier molecular flexibility index (Phi) is 5.77. The zero-order valence-corrected chi connectivity index (χ0v) is 10.5. The van der Waals surface area contributed by atoms with E-state index in [4.69, 9.17) is 0 Å². The number of ether oxygens (including phenoxy) is 1. The lowest BCUT2D eigenvalue weighted by atomic mass is 10.2. The second-order valence-electron chi connectivity index (χ2n) is 3.43. The minimum atomic E-state index is -0.506. The van der Waals surface area contributed by atoms with Crippen molar-refractivity contribution in [3.8, 4) is 0 Å². The molecule has 5 nitrogen and oxygen atoms in total. The van der Waals surface area contributed by atoms with Gasteiger partial charge in [-0.2, -0.15) is 0 Å². The summed E-state index contributed by atoms with van der Waals surface area (Å²) in [5, 5.41) is 11.8. The Labute approximate surface area is 99.2 Å². The largest absolute Gasteiger partial charge is 0.453 e. The van der Waals surface area contributed by atoms with Gasteiger partial charge in [-0.05, 0) is 6.42 Å². The molecular weight excluding hydrogens is 226 g/mol. The average Bonchev–Trinajstić information content (AvgIpc) is 2.72. The molecule has 1 aromatic heterocycles. The van der Waals surface area contributed by atoms with Gasteiger partial charge in [0.2, 0.25) is 5.13 Å². The van der Waals surface area contributed by atoms with Crippen molar-refractivity contribution >= 4 is 22.6 Å². The molecule has 0 radical (unpaired) electrons. The number of nitrogens with one attached hydrogen (secondary N) is 1. The van der Waals surface area contributed by atoms with Gasteiger partial charge in [-0.25, -0.2) is 4.79 Å². The molecule has 0 unspecified atom stereocenters. The summed E-state index contributed by atoms with van der Waals surface area (Å²) in [6.07, 6.45) is 5.25. The Morgan fingerprint density at radius 1 is 1.38 bits per heavy atom. The van der Waals surface area contributed by atoms with E-state index in [-0.39, 0.29) is 0 Å². The number of anilines is 1. The minimum Gasteiger partial charge on any atom is -0.453 e. The molecular formula is C10H17N3O2S. The van der Waals surface area contributed by atoms with Crippen LogP contribution in [0.5, 0.6) is 0 Å². The van der Waals surface area contributed by atoms with Gasteiger partial charge in [0.15, 0.2) is 0 Å². The van der Waals surface area contributed by atoms with Gasteiger partial charge in [-0.15, -0.1) is 10.2 Å². The number of hydrogen-bond donors (Lipinski definition) is 1. The molecule has 0 spiro atoms. The number of amides is 1. The standard InChI is InChI=1S/C10H17N3O2S/c1-3-4-5-6-7-8-12-13-9(16-8)11-10(14)15-2/h3-7H2,1-2H3,(H,11,13,14). The summed E-state index contributed by atoms with van der Waals surface area (Å²) in [6, 6.07) is 0. The SMILES string of the molecule is CCCCCCc1nnc(NC(=O)OC)s1. The highest BCUT2D eigenvalue weighted by molar-refractivity contribution is 7.15. The smallest absolute Gasteiger partial charge is 0.413 e. The molecule has 0 saturated carbocycles. The first-order chi connectivity index (χ1) is 7.76. The van der Waals surface area contributed by atoms with Crippen molar-refractivity contribution in [2.75, 3.05) is 12.4 Å². The van der Waals surface area contributed by atoms with Crippen LogP contribution < -0.4 is 5.32 Å². The third-order valence-electron chi connectivity index (χ3n) is 2.11. The predicted molar refractivity (Wildman–Crippen MR) is 63.8 cm³/mol. The quantitative estimate of drug-likeness (QED) is 0.780. The number of unbranched alkanes of at least 4 members (excludes halogenated alkanes) is 3. The molecule has 1 N–H and O–H groups in total. The lowest BCUT2D eigenvalue weighted by molar-refractivity contribution is 0.187. The van der Waals surface area contributed by atoms with Gasteiger partial charge in [0, 0.05) is 6.42 Å². The van der Waals surface area contributed by atoms with Crippen LogP contribution in [-0.4, -0.2) is 23.4 Å². The van der Waals surface area contributed by atoms with E-state index in [2.05, 4.69) is 27.2 Å². The van der Waals surface area contributed by atoms with Gasteiger partial charge in [0.1, 0.15) is 5.01 Å². The summed E-state index contributed by atoms with van der Waals surface area (Å²) < 4.78 is 4.47. The fourth-order valence-electron chi connectivity index (χ4n) is 1.25. The van der Waals surface area contributed by atoms with E-state index in [0.717, 1.165) is 17.8 Å². The summed E-state index contributed by atoms with van der Waals surface area (Å²) in [5.74, 6) is 0. The van der Waals surface area contributed by atoms with Crippen LogP contribution in [0.2, 0.25) is 0 Å². The summed E-state index contributed by atoms with van der Waals surface area (Å²) >= 11 is 1.40. The summed E-state index contributed by atoms with van der Waals surface area (Å²) in [7, 11) is 1.32. The lowest BCUT2D eigenvalue weighted by Gasteiger charge is -1.96. The Bertz CT molecular complexity index is 328. The zero-order chi connectivity index (χ0) is 11.8. The van der Waals surface area contributed by atoms with Crippen molar-refractivity contribution in [1.29, 1.82) is 0 Å². The molecule has 1 heterocycles. The van der Waals surface area contributed by atoms with Gasteiger partial charge >= 0.3 is 6.09 Å². The first-order valence-corrected chi connectivity index (χ1v) is 6.25. The molecule has 1 rings (SSSR count). The molecule has 90 valence electrons. The fourth-order valence-corrected chi connectivity index (χ4v) is 2.01. The van der Waals surface area contributed by atoms with Crippen molar-refractivity contribution in [2.24, 2.45) is 0 Å². The maximum atomic E-state index is 10.9. The first kappa shape index (κ1) is 12.9. The van der Waals surface area contributed by atoms with Gasteiger partial charge in [0.05, 0.1) is 7.11 Å². The highest BCUT2D eigenvalue weighted by Gasteiger charge is 2.07. The fraction of sp³-hybridized carbons (Fsp3) is 0.700. The third-order valence-corrected chi connectivity index (χ3v) is 3.00. The van der Waals surface area contributed by atoms with E-state index < -0.39 is 6.09 Å². The second kappa shape index (κ2) is 7.16. The van der Waals surface area contributed by atoms with Crippen LogP contribution in [0.4, 0.5) is 9.93 Å². The van der Waals surface area contributed by atoms with Crippen LogP contribution in [0.25, 0.3) is 0 Å². The molecule has 6 heteroatoms. The zero-order valence-electron chi connectivity index (χ0n) is 9.65. The van der Waals surface area contributed by atoms with E-state index in [0.29, 0.717) is 5.13 Å². The molecule has 0 aliphatic rings. The number of carbonyl (C=O) groups excluding carboxylic acids is 1. The van der Waals surface area contributed by atoms with Gasteiger partial charge in [-0.3, -0.25) is 5.32 Å². The average molecular weight is 243 g/mol. The van der Waals surface area contributed by atoms with E-state index >= 15 is 0 Å². The van der Waals surface area contributed by atoms with Crippen LogP contribution in [0, 0.1) is 0 Å². The van der Waals surface area contributed by atoms with Crippen LogP contribution >= 0.6 is 11.3 Å². The topological polar surface area (TPSA) is 64.1 Å². The van der Waals surface area contributed by atoms with E-state index in [1.165, 1.54) is 37.7 Å². The number of hydrogen-bond acceptors (Lipinski definition) is 5. The Morgan fingerprint density at radius 3 is 2.88 bits per heavy atom. The second-order valence-corrected chi connectivity index (χ2v) is 4.49. The van der Waals surface area contributed by atoms with Crippen molar-refractivity contribution in [3.05, 3.63) is 5.01 Å². The van der Waals surface area contributed by atoms with Crippen LogP contribution in [0.15, 0.2) is 0 Å². The molecule has 1 aromatic rings. The number of aryl methyl sites for hydroxylation is 1. The van der Waals surface area contributed by atoms with Crippen molar-refractivity contribution in [3.63, 3.8) is 0 Å². The highest BCUT2D eigenvalue weighted by Crippen LogP contribution is 2.17. The molecule has 0 aliphatic carbocycles. The number of rotatable bonds is 6. The van der Waals surface area contributed by atoms with Crippen molar-refractivity contribution < 1.29 is 9.53 Å². The molecule has 16 heavy (non-hydrogen) atoms. The number of aromatic nitrogens is 2. The van der Waals surface area contributed by atoms with Gasteiger partial charge in [-0.1, -0.05) is 37.5 Å². The highest BCUT2D eigenvalue weighted by atomic mass is 32.1. The van der Waals surface area contributed by atoms with E-state index in [9.17, 15) is 4.79 Å². The molecule has 0 aromatic carbocycles. The van der Waals surface area contributed by atoms with Crippen LogP contribution in [0.3, 0.4) is 0 Å². The van der Waals surface area contributed by atoms with E-state index in [1.807, 2.05) is 0 Å². The Hall–Kier alpha value is -1.17. The minimum absolute atomic E-state index is 0.498. The summed E-state index contributed by atoms with van der Waals surface area (Å²) in [6.45, 7) is 2.18. The Balaban J connectivity index is 2.30. The van der Waals surface area contributed by atoms with Crippen LogP contribution in [0.1, 0.15) is 37.6 Å².